The van der Waals surface area contributed by atoms with Gasteiger partial charge in [0, 0.05) is 23.2 Å². The number of unbranched alkanes of at least 4 members (excludes halogenated alkanes) is 2. The zero-order valence-electron chi connectivity index (χ0n) is 14.2. The van der Waals surface area contributed by atoms with Crippen molar-refractivity contribution in [2.24, 2.45) is 0 Å². The highest BCUT2D eigenvalue weighted by Crippen LogP contribution is 2.22. The highest BCUT2D eigenvalue weighted by molar-refractivity contribution is 9.10. The van der Waals surface area contributed by atoms with E-state index in [-0.39, 0.29) is 11.3 Å². The SMILES string of the molecule is CCCCCn1c(SCCCC(C)=O)nc2ccc(Br)cc2c1=O. The van der Waals surface area contributed by atoms with E-state index in [0.717, 1.165) is 46.6 Å². The quantitative estimate of drug-likeness (QED) is 0.338. The fourth-order valence-electron chi connectivity index (χ4n) is 2.48. The van der Waals surface area contributed by atoms with Crippen LogP contribution in [0.1, 0.15) is 46.0 Å². The van der Waals surface area contributed by atoms with E-state index in [9.17, 15) is 9.59 Å². The number of fused-ring (bicyclic) bond motifs is 1. The van der Waals surface area contributed by atoms with Crippen molar-refractivity contribution >= 4 is 44.4 Å². The first-order valence-electron chi connectivity index (χ1n) is 8.35. The zero-order valence-corrected chi connectivity index (χ0v) is 16.6. The molecule has 2 aromatic rings. The average molecular weight is 411 g/mol. The minimum absolute atomic E-state index is 0.0199. The second-order valence-electron chi connectivity index (χ2n) is 5.87. The summed E-state index contributed by atoms with van der Waals surface area (Å²) in [5.41, 5.74) is 0.746. The van der Waals surface area contributed by atoms with E-state index in [1.807, 2.05) is 18.2 Å². The Morgan fingerprint density at radius 2 is 2.08 bits per heavy atom. The third-order valence-corrected chi connectivity index (χ3v) is 5.33. The summed E-state index contributed by atoms with van der Waals surface area (Å²) in [4.78, 5) is 28.6. The van der Waals surface area contributed by atoms with Gasteiger partial charge in [0.15, 0.2) is 5.16 Å². The fourth-order valence-corrected chi connectivity index (χ4v) is 3.81. The number of ketones is 1. The van der Waals surface area contributed by atoms with Crippen LogP contribution < -0.4 is 5.56 Å². The topological polar surface area (TPSA) is 52.0 Å². The van der Waals surface area contributed by atoms with Crippen LogP contribution in [-0.2, 0) is 11.3 Å². The second-order valence-corrected chi connectivity index (χ2v) is 7.85. The molecule has 0 aliphatic rings. The zero-order chi connectivity index (χ0) is 17.5. The number of Topliss-reactive ketones (excluding diaryl/α,β-unsaturated/α-hetero) is 1. The van der Waals surface area contributed by atoms with E-state index in [2.05, 4.69) is 22.9 Å². The van der Waals surface area contributed by atoms with Gasteiger partial charge in [-0.15, -0.1) is 0 Å². The number of thioether (sulfide) groups is 1. The Hall–Kier alpha value is -1.14. The Balaban J connectivity index is 2.31. The summed E-state index contributed by atoms with van der Waals surface area (Å²) in [6.45, 7) is 4.45. The Morgan fingerprint density at radius 3 is 2.79 bits per heavy atom. The third-order valence-electron chi connectivity index (χ3n) is 3.77. The van der Waals surface area contributed by atoms with Gasteiger partial charge in [-0.05, 0) is 38.0 Å². The molecule has 4 nitrogen and oxygen atoms in total. The molecule has 6 heteroatoms. The van der Waals surface area contributed by atoms with Crippen molar-refractivity contribution in [2.75, 3.05) is 5.75 Å². The van der Waals surface area contributed by atoms with Crippen molar-refractivity contribution in [2.45, 2.75) is 57.7 Å². The van der Waals surface area contributed by atoms with Gasteiger partial charge in [-0.25, -0.2) is 4.98 Å². The molecular formula is C18H23BrN2O2S. The van der Waals surface area contributed by atoms with Crippen molar-refractivity contribution in [3.63, 3.8) is 0 Å². The van der Waals surface area contributed by atoms with Gasteiger partial charge in [0.1, 0.15) is 5.78 Å². The standard InChI is InChI=1S/C18H23BrN2O2S/c1-3-4-5-10-21-17(23)15-12-14(19)8-9-16(15)20-18(21)24-11-6-7-13(2)22/h8-9,12H,3-7,10-11H2,1-2H3. The lowest BCUT2D eigenvalue weighted by Gasteiger charge is -2.13. The van der Waals surface area contributed by atoms with Crippen molar-refractivity contribution in [3.8, 4) is 0 Å². The number of benzene rings is 1. The molecule has 24 heavy (non-hydrogen) atoms. The molecular weight excluding hydrogens is 388 g/mol. The van der Waals surface area contributed by atoms with Crippen molar-refractivity contribution < 1.29 is 4.79 Å². The summed E-state index contributed by atoms with van der Waals surface area (Å²) >= 11 is 4.99. The van der Waals surface area contributed by atoms with Gasteiger partial charge in [-0.2, -0.15) is 0 Å². The van der Waals surface area contributed by atoms with Gasteiger partial charge in [0.2, 0.25) is 0 Å². The molecule has 0 amide bonds. The van der Waals surface area contributed by atoms with Crippen LogP contribution in [0.25, 0.3) is 10.9 Å². The molecule has 0 saturated carbocycles. The van der Waals surface area contributed by atoms with Gasteiger partial charge >= 0.3 is 0 Å². The molecule has 1 aromatic heterocycles. The molecule has 0 N–H and O–H groups in total. The van der Waals surface area contributed by atoms with E-state index in [0.29, 0.717) is 18.4 Å². The first-order valence-corrected chi connectivity index (χ1v) is 10.1. The summed E-state index contributed by atoms with van der Waals surface area (Å²) in [7, 11) is 0. The monoisotopic (exact) mass is 410 g/mol. The molecule has 130 valence electrons. The first kappa shape index (κ1) is 19.2. The van der Waals surface area contributed by atoms with Crippen LogP contribution in [0, 0.1) is 0 Å². The number of hydrogen-bond acceptors (Lipinski definition) is 4. The summed E-state index contributed by atoms with van der Waals surface area (Å²) in [6, 6.07) is 5.61. The van der Waals surface area contributed by atoms with Gasteiger partial charge in [-0.3, -0.25) is 9.36 Å². The molecule has 2 rings (SSSR count). The smallest absolute Gasteiger partial charge is 0.262 e. The molecule has 0 bridgehead atoms. The normalized spacial score (nSPS) is 11.1. The summed E-state index contributed by atoms with van der Waals surface area (Å²) in [6.07, 6.45) is 4.56. The Bertz CT molecular complexity index is 773. The number of hydrogen-bond donors (Lipinski definition) is 0. The lowest BCUT2D eigenvalue weighted by Crippen LogP contribution is -2.23. The Labute approximate surface area is 155 Å². The van der Waals surface area contributed by atoms with Crippen molar-refractivity contribution in [1.29, 1.82) is 0 Å². The minimum Gasteiger partial charge on any atom is -0.300 e. The molecule has 0 radical (unpaired) electrons. The van der Waals surface area contributed by atoms with E-state index >= 15 is 0 Å². The predicted octanol–water partition coefficient (Wildman–Crippen LogP) is 4.81. The van der Waals surface area contributed by atoms with Crippen LogP contribution >= 0.6 is 27.7 Å². The third kappa shape index (κ3) is 5.18. The van der Waals surface area contributed by atoms with Gasteiger partial charge in [-0.1, -0.05) is 47.5 Å². The van der Waals surface area contributed by atoms with E-state index in [1.54, 1.807) is 23.3 Å². The number of carbonyl (C=O) groups excluding carboxylic acids is 1. The maximum atomic E-state index is 12.9. The molecule has 0 atom stereocenters. The highest BCUT2D eigenvalue weighted by Gasteiger charge is 2.12. The van der Waals surface area contributed by atoms with Gasteiger partial charge in [0.05, 0.1) is 10.9 Å². The largest absolute Gasteiger partial charge is 0.300 e. The molecule has 0 unspecified atom stereocenters. The molecule has 0 aliphatic carbocycles. The van der Waals surface area contributed by atoms with Crippen molar-refractivity contribution in [3.05, 3.63) is 33.0 Å². The number of aromatic nitrogens is 2. The number of rotatable bonds is 9. The summed E-state index contributed by atoms with van der Waals surface area (Å²) in [5, 5.41) is 1.41. The molecule has 0 aliphatic heterocycles. The lowest BCUT2D eigenvalue weighted by atomic mass is 10.2. The van der Waals surface area contributed by atoms with Crippen molar-refractivity contribution in [1.82, 2.24) is 9.55 Å². The van der Waals surface area contributed by atoms with Crippen LogP contribution in [0.3, 0.4) is 0 Å². The minimum atomic E-state index is 0.0199. The first-order chi connectivity index (χ1) is 11.5. The van der Waals surface area contributed by atoms with Gasteiger partial charge < -0.3 is 4.79 Å². The van der Waals surface area contributed by atoms with E-state index in [1.165, 1.54) is 0 Å². The maximum absolute atomic E-state index is 12.9. The maximum Gasteiger partial charge on any atom is 0.262 e. The Morgan fingerprint density at radius 1 is 1.29 bits per heavy atom. The lowest BCUT2D eigenvalue weighted by molar-refractivity contribution is -0.117. The van der Waals surface area contributed by atoms with Crippen LogP contribution in [0.5, 0.6) is 0 Å². The van der Waals surface area contributed by atoms with Crippen LogP contribution in [0.15, 0.2) is 32.6 Å². The van der Waals surface area contributed by atoms with Crippen LogP contribution in [-0.4, -0.2) is 21.1 Å². The fraction of sp³-hybridized carbons (Fsp3) is 0.500. The highest BCUT2D eigenvalue weighted by atomic mass is 79.9. The molecule has 0 saturated heterocycles. The number of nitrogens with zero attached hydrogens (tertiary/aromatic N) is 2. The summed E-state index contributed by atoms with van der Waals surface area (Å²) in [5.74, 6) is 0.995. The van der Waals surface area contributed by atoms with Gasteiger partial charge in [0.25, 0.3) is 5.56 Å². The molecule has 0 fully saturated rings. The van der Waals surface area contributed by atoms with Crippen LogP contribution in [0.4, 0.5) is 0 Å². The predicted molar refractivity (Wildman–Crippen MR) is 104 cm³/mol. The molecule has 1 aromatic carbocycles. The molecule has 0 spiro atoms. The molecule has 1 heterocycles. The number of halogens is 1. The van der Waals surface area contributed by atoms with E-state index < -0.39 is 0 Å². The summed E-state index contributed by atoms with van der Waals surface area (Å²) < 4.78 is 2.68. The van der Waals surface area contributed by atoms with E-state index in [4.69, 9.17) is 4.98 Å². The second kappa shape index (κ2) is 9.37. The van der Waals surface area contributed by atoms with Crippen LogP contribution in [0.2, 0.25) is 0 Å². The average Bonchev–Trinajstić information content (AvgIpc) is 2.54. The Kier molecular flexibility index (Phi) is 7.49. The number of carbonyl (C=O) groups is 1.